The molecule has 2 bridgehead atoms. The maximum absolute atomic E-state index is 14.5. The van der Waals surface area contributed by atoms with Gasteiger partial charge in [0.2, 0.25) is 0 Å². The summed E-state index contributed by atoms with van der Waals surface area (Å²) in [4.78, 5) is 28.5. The fourth-order valence-electron chi connectivity index (χ4n) is 4.80. The van der Waals surface area contributed by atoms with E-state index in [-0.39, 0.29) is 29.4 Å². The van der Waals surface area contributed by atoms with E-state index in [0.29, 0.717) is 18.0 Å². The maximum atomic E-state index is 14.5. The highest BCUT2D eigenvalue weighted by Gasteiger charge is 2.47. The van der Waals surface area contributed by atoms with Crippen LogP contribution in [0.5, 0.6) is 0 Å². The molecule has 158 valence electrons. The number of amides is 1. The Balaban J connectivity index is 1.43. The normalized spacial score (nSPS) is 22.0. The van der Waals surface area contributed by atoms with Crippen LogP contribution in [0.2, 0.25) is 0 Å². The number of hydrogen-bond acceptors (Lipinski definition) is 5. The quantitative estimate of drug-likeness (QED) is 0.695. The first-order valence-electron chi connectivity index (χ1n) is 10.6. The SMILES string of the molecule is Cc1ccc(NC2CC3CC2N(C(=O)c2ncc(C)cc2-c2ncccc2F)C3)nc1. The monoisotopic (exact) mass is 417 g/mol. The minimum Gasteiger partial charge on any atom is -0.365 e. The average molecular weight is 417 g/mol. The van der Waals surface area contributed by atoms with Gasteiger partial charge in [-0.1, -0.05) is 6.07 Å². The van der Waals surface area contributed by atoms with E-state index in [1.807, 2.05) is 37.1 Å². The molecule has 3 unspecified atom stereocenters. The summed E-state index contributed by atoms with van der Waals surface area (Å²) in [6.07, 6.45) is 6.98. The van der Waals surface area contributed by atoms with Crippen LogP contribution in [0.3, 0.4) is 0 Å². The van der Waals surface area contributed by atoms with Crippen molar-refractivity contribution in [3.8, 4) is 11.3 Å². The van der Waals surface area contributed by atoms with Gasteiger partial charge in [0, 0.05) is 36.7 Å². The van der Waals surface area contributed by atoms with Crippen molar-refractivity contribution < 1.29 is 9.18 Å². The van der Waals surface area contributed by atoms with Gasteiger partial charge >= 0.3 is 0 Å². The number of halogens is 1. The second kappa shape index (κ2) is 7.72. The average Bonchev–Trinajstić information content (AvgIpc) is 3.36. The molecule has 3 atom stereocenters. The molecule has 31 heavy (non-hydrogen) atoms. The first kappa shape index (κ1) is 19.6. The second-order valence-electron chi connectivity index (χ2n) is 8.58. The van der Waals surface area contributed by atoms with Gasteiger partial charge < -0.3 is 10.2 Å². The molecule has 1 N–H and O–H groups in total. The molecule has 1 saturated carbocycles. The molecule has 1 saturated heterocycles. The van der Waals surface area contributed by atoms with Gasteiger partial charge in [0.15, 0.2) is 0 Å². The third kappa shape index (κ3) is 3.65. The van der Waals surface area contributed by atoms with Gasteiger partial charge in [-0.3, -0.25) is 14.8 Å². The van der Waals surface area contributed by atoms with Crippen LogP contribution in [0.4, 0.5) is 10.2 Å². The fourth-order valence-corrected chi connectivity index (χ4v) is 4.80. The molecule has 0 aromatic carbocycles. The van der Waals surface area contributed by atoms with Crippen molar-refractivity contribution >= 4 is 11.7 Å². The van der Waals surface area contributed by atoms with Crippen molar-refractivity contribution in [3.63, 3.8) is 0 Å². The summed E-state index contributed by atoms with van der Waals surface area (Å²) in [5.41, 5.74) is 2.81. The Kier molecular flexibility index (Phi) is 4.88. The standard InChI is InChI=1S/C24H24FN5O/c1-14-5-6-21(27-11-14)29-19-9-16-10-20(19)30(13-16)24(31)23-17(8-15(2)12-28-23)22-18(25)4-3-7-26-22/h3-8,11-12,16,19-20H,9-10,13H2,1-2H3,(H,27,29). The summed E-state index contributed by atoms with van der Waals surface area (Å²) in [5.74, 6) is 0.630. The largest absolute Gasteiger partial charge is 0.365 e. The third-order valence-electron chi connectivity index (χ3n) is 6.23. The van der Waals surface area contributed by atoms with E-state index in [0.717, 1.165) is 29.8 Å². The zero-order valence-corrected chi connectivity index (χ0v) is 17.5. The van der Waals surface area contributed by atoms with Crippen LogP contribution in [0.25, 0.3) is 11.3 Å². The van der Waals surface area contributed by atoms with E-state index in [2.05, 4.69) is 20.3 Å². The molecule has 0 spiro atoms. The molecule has 1 aliphatic carbocycles. The van der Waals surface area contributed by atoms with Gasteiger partial charge in [0.05, 0.1) is 6.04 Å². The van der Waals surface area contributed by atoms with Crippen LogP contribution in [-0.4, -0.2) is 44.4 Å². The second-order valence-corrected chi connectivity index (χ2v) is 8.58. The van der Waals surface area contributed by atoms with Gasteiger partial charge in [0.1, 0.15) is 23.0 Å². The molecular weight excluding hydrogens is 393 g/mol. The number of anilines is 1. The lowest BCUT2D eigenvalue weighted by atomic mass is 10.0. The molecule has 1 amide bonds. The van der Waals surface area contributed by atoms with E-state index < -0.39 is 5.82 Å². The molecule has 3 aromatic heterocycles. The first-order chi connectivity index (χ1) is 15.0. The van der Waals surface area contributed by atoms with Gasteiger partial charge in [-0.25, -0.2) is 9.37 Å². The Bertz CT molecular complexity index is 1130. The highest BCUT2D eigenvalue weighted by molar-refractivity contribution is 5.99. The molecule has 4 heterocycles. The third-order valence-corrected chi connectivity index (χ3v) is 6.23. The van der Waals surface area contributed by atoms with E-state index >= 15 is 0 Å². The number of hydrogen-bond donors (Lipinski definition) is 1. The number of piperidine rings is 1. The summed E-state index contributed by atoms with van der Waals surface area (Å²) in [6, 6.07) is 8.87. The highest BCUT2D eigenvalue weighted by Crippen LogP contribution is 2.40. The van der Waals surface area contributed by atoms with Crippen LogP contribution in [0, 0.1) is 25.6 Å². The molecular formula is C24H24FN5O. The number of aryl methyl sites for hydroxylation is 2. The fraction of sp³-hybridized carbons (Fsp3) is 0.333. The number of pyridine rings is 3. The van der Waals surface area contributed by atoms with Crippen molar-refractivity contribution in [1.29, 1.82) is 0 Å². The molecule has 1 aliphatic heterocycles. The summed E-state index contributed by atoms with van der Waals surface area (Å²) in [5, 5.41) is 3.50. The van der Waals surface area contributed by atoms with Gasteiger partial charge in [0.25, 0.3) is 5.91 Å². The number of fused-ring (bicyclic) bond motifs is 2. The van der Waals surface area contributed by atoms with E-state index in [9.17, 15) is 9.18 Å². The van der Waals surface area contributed by atoms with E-state index in [4.69, 9.17) is 0 Å². The van der Waals surface area contributed by atoms with Gasteiger partial charge in [-0.2, -0.15) is 0 Å². The predicted molar refractivity (Wildman–Crippen MR) is 116 cm³/mol. The Morgan fingerprint density at radius 3 is 2.68 bits per heavy atom. The van der Waals surface area contributed by atoms with E-state index in [1.165, 1.54) is 12.3 Å². The zero-order valence-electron chi connectivity index (χ0n) is 17.5. The van der Waals surface area contributed by atoms with Gasteiger partial charge in [-0.05, 0) is 68.0 Å². The molecule has 0 radical (unpaired) electrons. The minimum atomic E-state index is -0.461. The summed E-state index contributed by atoms with van der Waals surface area (Å²) < 4.78 is 14.5. The summed E-state index contributed by atoms with van der Waals surface area (Å²) in [6.45, 7) is 4.58. The van der Waals surface area contributed by atoms with Crippen LogP contribution in [0.1, 0.15) is 34.5 Å². The Hall–Kier alpha value is -3.35. The number of rotatable bonds is 4. The van der Waals surface area contributed by atoms with Crippen LogP contribution in [0.15, 0.2) is 48.9 Å². The topological polar surface area (TPSA) is 71.0 Å². The van der Waals surface area contributed by atoms with Crippen molar-refractivity contribution in [3.05, 3.63) is 71.6 Å². The number of nitrogens with zero attached hydrogens (tertiary/aromatic N) is 4. The van der Waals surface area contributed by atoms with E-state index in [1.54, 1.807) is 18.3 Å². The number of carbonyl (C=O) groups is 1. The molecule has 7 heteroatoms. The summed E-state index contributed by atoms with van der Waals surface area (Å²) in [7, 11) is 0. The molecule has 6 nitrogen and oxygen atoms in total. The molecule has 5 rings (SSSR count). The molecule has 2 aliphatic rings. The van der Waals surface area contributed by atoms with Crippen LogP contribution in [-0.2, 0) is 0 Å². The van der Waals surface area contributed by atoms with Crippen molar-refractivity contribution in [1.82, 2.24) is 19.9 Å². The van der Waals surface area contributed by atoms with Crippen molar-refractivity contribution in [2.24, 2.45) is 5.92 Å². The van der Waals surface area contributed by atoms with Crippen molar-refractivity contribution in [2.45, 2.75) is 38.8 Å². The van der Waals surface area contributed by atoms with Gasteiger partial charge in [-0.15, -0.1) is 0 Å². The number of likely N-dealkylation sites (tertiary alicyclic amines) is 1. The Morgan fingerprint density at radius 1 is 1.10 bits per heavy atom. The lowest BCUT2D eigenvalue weighted by Crippen LogP contribution is -2.48. The van der Waals surface area contributed by atoms with Crippen LogP contribution >= 0.6 is 0 Å². The van der Waals surface area contributed by atoms with Crippen molar-refractivity contribution in [2.75, 3.05) is 11.9 Å². The summed E-state index contributed by atoms with van der Waals surface area (Å²) >= 11 is 0. The molecule has 3 aromatic rings. The highest BCUT2D eigenvalue weighted by atomic mass is 19.1. The minimum absolute atomic E-state index is 0.0603. The lowest BCUT2D eigenvalue weighted by Gasteiger charge is -2.34. The lowest BCUT2D eigenvalue weighted by molar-refractivity contribution is 0.0687. The zero-order chi connectivity index (χ0) is 21.5. The molecule has 2 fully saturated rings. The smallest absolute Gasteiger partial charge is 0.273 e. The Morgan fingerprint density at radius 2 is 1.94 bits per heavy atom. The number of carbonyl (C=O) groups excluding carboxylic acids is 1. The Labute approximate surface area is 180 Å². The maximum Gasteiger partial charge on any atom is 0.273 e. The number of aromatic nitrogens is 3. The van der Waals surface area contributed by atoms with Crippen LogP contribution < -0.4 is 5.32 Å². The number of nitrogens with one attached hydrogen (secondary N) is 1. The first-order valence-corrected chi connectivity index (χ1v) is 10.6. The predicted octanol–water partition coefficient (Wildman–Crippen LogP) is 4.01.